The average molecular weight is 559 g/mol. The van der Waals surface area contributed by atoms with Crippen LogP contribution in [0.25, 0.3) is 0 Å². The van der Waals surface area contributed by atoms with Gasteiger partial charge in [-0.1, -0.05) is 0 Å². The monoisotopic (exact) mass is 558 g/mol. The average Bonchev–Trinajstić information content (AvgIpc) is 2.72. The Morgan fingerprint density at radius 1 is 0.308 bits per heavy atom. The van der Waals surface area contributed by atoms with Crippen LogP contribution in [-0.4, -0.2) is 18.8 Å². The molecule has 0 aliphatic heterocycles. The first-order chi connectivity index (χ1) is 12.4. The van der Waals surface area contributed by atoms with Crippen molar-refractivity contribution < 1.29 is 0 Å². The fourth-order valence-electron chi connectivity index (χ4n) is 3.75. The Morgan fingerprint density at radius 2 is 0.500 bits per heavy atom. The molecule has 4 aromatic carbocycles. The van der Waals surface area contributed by atoms with Crippen molar-refractivity contribution in [3.05, 3.63) is 121 Å². The summed E-state index contributed by atoms with van der Waals surface area (Å²) in [5.74, 6) is 0. The summed E-state index contributed by atoms with van der Waals surface area (Å²) >= 11 is -3.31. The van der Waals surface area contributed by atoms with Gasteiger partial charge in [0.25, 0.3) is 0 Å². The van der Waals surface area contributed by atoms with Crippen LogP contribution in [0.1, 0.15) is 0 Å². The van der Waals surface area contributed by atoms with E-state index in [1.807, 2.05) is 0 Å². The molecule has 2 heteroatoms. The zero-order valence-electron chi connectivity index (χ0n) is 14.5. The van der Waals surface area contributed by atoms with Gasteiger partial charge in [-0.3, -0.25) is 0 Å². The molecule has 26 heavy (non-hydrogen) atoms. The van der Waals surface area contributed by atoms with E-state index in [0.29, 0.717) is 0 Å². The van der Waals surface area contributed by atoms with E-state index in [-0.39, 0.29) is 24.0 Å². The molecule has 0 aromatic heterocycles. The van der Waals surface area contributed by atoms with Gasteiger partial charge < -0.3 is 0 Å². The molecule has 0 unspecified atom stereocenters. The molecule has 0 nitrogen and oxygen atoms in total. The zero-order chi connectivity index (χ0) is 17.0. The van der Waals surface area contributed by atoms with Crippen molar-refractivity contribution in [3.63, 3.8) is 0 Å². The van der Waals surface area contributed by atoms with Crippen LogP contribution >= 0.6 is 24.0 Å². The normalized spacial score (nSPS) is 11.4. The van der Waals surface area contributed by atoms with E-state index < -0.39 is 18.8 Å². The predicted octanol–water partition coefficient (Wildman–Crippen LogP) is 3.41. The van der Waals surface area contributed by atoms with E-state index >= 15 is 0 Å². The van der Waals surface area contributed by atoms with Gasteiger partial charge in [-0.2, -0.15) is 0 Å². The second-order valence-corrected chi connectivity index (χ2v) is 17.1. The molecule has 4 aromatic rings. The van der Waals surface area contributed by atoms with Gasteiger partial charge in [-0.15, -0.1) is 24.0 Å². The van der Waals surface area contributed by atoms with E-state index in [0.717, 1.165) is 0 Å². The quantitative estimate of drug-likeness (QED) is 0.266. The topological polar surface area (TPSA) is 0 Å². The van der Waals surface area contributed by atoms with Gasteiger partial charge in [0.05, 0.1) is 0 Å². The number of hydrogen-bond acceptors (Lipinski definition) is 0. The summed E-state index contributed by atoms with van der Waals surface area (Å²) in [5.41, 5.74) is 0. The van der Waals surface area contributed by atoms with Crippen LogP contribution in [0.3, 0.4) is 0 Å². The summed E-state index contributed by atoms with van der Waals surface area (Å²) in [6, 6.07) is 44.4. The van der Waals surface area contributed by atoms with Crippen molar-refractivity contribution in [2.75, 3.05) is 0 Å². The van der Waals surface area contributed by atoms with Crippen LogP contribution in [0, 0.1) is 0 Å². The molecular formula is C24H22ISb. The first-order valence-corrected chi connectivity index (χ1v) is 14.4. The molecular weight excluding hydrogens is 537 g/mol. The second kappa shape index (κ2) is 8.88. The van der Waals surface area contributed by atoms with Crippen LogP contribution in [0.5, 0.6) is 0 Å². The van der Waals surface area contributed by atoms with Crippen molar-refractivity contribution in [1.29, 1.82) is 0 Å². The maximum atomic E-state index is 2.32. The van der Waals surface area contributed by atoms with Crippen LogP contribution in [0.4, 0.5) is 0 Å². The zero-order valence-corrected chi connectivity index (χ0v) is 19.6. The van der Waals surface area contributed by atoms with E-state index in [2.05, 4.69) is 121 Å². The third-order valence-electron chi connectivity index (χ3n) is 4.83. The van der Waals surface area contributed by atoms with Gasteiger partial charge >= 0.3 is 154 Å². The molecule has 0 radical (unpaired) electrons. The SMILES string of the molecule is I.c1cc[c]([SbH]([c]2ccccc2)([c]2ccccc2)[c]2ccccc2)cc1. The molecule has 0 N–H and O–H groups in total. The summed E-state index contributed by atoms with van der Waals surface area (Å²) in [5, 5.41) is 0. The van der Waals surface area contributed by atoms with E-state index in [1.165, 1.54) is 14.0 Å². The van der Waals surface area contributed by atoms with Crippen molar-refractivity contribution in [3.8, 4) is 0 Å². The van der Waals surface area contributed by atoms with Crippen LogP contribution in [-0.2, 0) is 0 Å². The summed E-state index contributed by atoms with van der Waals surface area (Å²) in [7, 11) is 0. The summed E-state index contributed by atoms with van der Waals surface area (Å²) in [6.45, 7) is 0. The summed E-state index contributed by atoms with van der Waals surface area (Å²) in [4.78, 5) is 0. The number of hydrogen-bond donors (Lipinski definition) is 0. The van der Waals surface area contributed by atoms with Gasteiger partial charge in [-0.05, 0) is 0 Å². The fourth-order valence-corrected chi connectivity index (χ4v) is 17.4. The molecule has 0 heterocycles. The first kappa shape index (κ1) is 19.2. The molecule has 0 saturated carbocycles. The standard InChI is InChI=1S/4C6H5.HI.Sb.H/c4*1-2-4-6-5-3-1;;;/h4*1-5H;1H;;. The minimum absolute atomic E-state index is 0. The summed E-state index contributed by atoms with van der Waals surface area (Å²) in [6.07, 6.45) is 0. The molecule has 0 aliphatic rings. The van der Waals surface area contributed by atoms with Gasteiger partial charge in [0.2, 0.25) is 0 Å². The number of halogens is 1. The predicted molar refractivity (Wildman–Crippen MR) is 127 cm³/mol. The van der Waals surface area contributed by atoms with E-state index in [4.69, 9.17) is 0 Å². The van der Waals surface area contributed by atoms with Gasteiger partial charge in [0, 0.05) is 0 Å². The maximum absolute atomic E-state index is 3.31. The molecule has 0 saturated heterocycles. The molecule has 0 spiro atoms. The Balaban J connectivity index is 0.00000196. The van der Waals surface area contributed by atoms with Crippen molar-refractivity contribution in [2.24, 2.45) is 0 Å². The minimum atomic E-state index is -3.31. The Hall–Kier alpha value is -1.57. The van der Waals surface area contributed by atoms with E-state index in [1.54, 1.807) is 0 Å². The van der Waals surface area contributed by atoms with Gasteiger partial charge in [-0.25, -0.2) is 0 Å². The van der Waals surface area contributed by atoms with Crippen LogP contribution < -0.4 is 14.0 Å². The third-order valence-corrected chi connectivity index (χ3v) is 18.5. The second-order valence-electron chi connectivity index (χ2n) is 6.21. The van der Waals surface area contributed by atoms with E-state index in [9.17, 15) is 0 Å². The van der Waals surface area contributed by atoms with Gasteiger partial charge in [0.15, 0.2) is 0 Å². The molecule has 130 valence electrons. The Kier molecular flexibility index (Phi) is 6.56. The van der Waals surface area contributed by atoms with Crippen LogP contribution in [0.15, 0.2) is 121 Å². The Labute approximate surface area is 176 Å². The third kappa shape index (κ3) is 3.48. The summed E-state index contributed by atoms with van der Waals surface area (Å²) < 4.78 is 5.95. The molecule has 0 amide bonds. The first-order valence-electron chi connectivity index (χ1n) is 8.64. The van der Waals surface area contributed by atoms with Crippen LogP contribution in [0.2, 0.25) is 0 Å². The fraction of sp³-hybridized carbons (Fsp3) is 0. The van der Waals surface area contributed by atoms with Crippen molar-refractivity contribution in [1.82, 2.24) is 0 Å². The molecule has 0 fully saturated rings. The molecule has 0 bridgehead atoms. The molecule has 0 aliphatic carbocycles. The number of rotatable bonds is 4. The molecule has 0 atom stereocenters. The van der Waals surface area contributed by atoms with Crippen molar-refractivity contribution >= 4 is 56.8 Å². The molecule has 4 rings (SSSR count). The Morgan fingerprint density at radius 3 is 0.692 bits per heavy atom. The Bertz CT molecular complexity index is 759. The van der Waals surface area contributed by atoms with Crippen molar-refractivity contribution in [2.45, 2.75) is 0 Å². The number of benzene rings is 4. The van der Waals surface area contributed by atoms with Gasteiger partial charge in [0.1, 0.15) is 0 Å².